The van der Waals surface area contributed by atoms with Crippen LogP contribution in [-0.2, 0) is 6.42 Å². The second-order valence-electron chi connectivity index (χ2n) is 3.64. The summed E-state index contributed by atoms with van der Waals surface area (Å²) < 4.78 is 0. The predicted octanol–water partition coefficient (Wildman–Crippen LogP) is 4.71. The van der Waals surface area contributed by atoms with E-state index in [4.69, 9.17) is 0 Å². The highest BCUT2D eigenvalue weighted by Gasteiger charge is 2.17. The summed E-state index contributed by atoms with van der Waals surface area (Å²) in [5.74, 6) is 0.796. The van der Waals surface area contributed by atoms with Gasteiger partial charge in [-0.2, -0.15) is 0 Å². The molecule has 80 valence electrons. The summed E-state index contributed by atoms with van der Waals surface area (Å²) in [6.45, 7) is 8.50. The number of rotatable bonds is 0. The van der Waals surface area contributed by atoms with Gasteiger partial charge in [0.15, 0.2) is 0 Å². The average Bonchev–Trinajstić information content (AvgIpc) is 2.52. The molecule has 0 spiro atoms. The molecular formula is C14H24. The first kappa shape index (κ1) is 13.2. The van der Waals surface area contributed by atoms with Crippen LogP contribution in [0.15, 0.2) is 18.2 Å². The Labute approximate surface area is 89.4 Å². The van der Waals surface area contributed by atoms with Gasteiger partial charge >= 0.3 is 0 Å². The minimum atomic E-state index is 0. The van der Waals surface area contributed by atoms with Gasteiger partial charge in [0.1, 0.15) is 0 Å². The number of benzene rings is 1. The third kappa shape index (κ3) is 2.60. The first-order chi connectivity index (χ1) is 6.27. The minimum absolute atomic E-state index is 0. The van der Waals surface area contributed by atoms with Gasteiger partial charge in [-0.25, -0.2) is 0 Å². The van der Waals surface area contributed by atoms with Crippen LogP contribution in [0.3, 0.4) is 0 Å². The van der Waals surface area contributed by atoms with Crippen LogP contribution in [0.4, 0.5) is 0 Å². The summed E-state index contributed by atoms with van der Waals surface area (Å²) in [5, 5.41) is 0. The zero-order valence-corrected chi connectivity index (χ0v) is 9.22. The fourth-order valence-electron chi connectivity index (χ4n) is 1.93. The second-order valence-corrected chi connectivity index (χ2v) is 3.64. The van der Waals surface area contributed by atoms with E-state index in [1.54, 1.807) is 11.1 Å². The molecule has 0 saturated heterocycles. The molecule has 0 heterocycles. The van der Waals surface area contributed by atoms with Crippen molar-refractivity contribution < 1.29 is 0 Å². The van der Waals surface area contributed by atoms with E-state index >= 15 is 0 Å². The molecule has 0 N–H and O–H groups in total. The van der Waals surface area contributed by atoms with E-state index in [0.717, 1.165) is 5.92 Å². The lowest BCUT2D eigenvalue weighted by Gasteiger charge is -2.04. The molecule has 1 atom stereocenters. The van der Waals surface area contributed by atoms with Gasteiger partial charge in [0.25, 0.3) is 0 Å². The van der Waals surface area contributed by atoms with Gasteiger partial charge in [-0.15, -0.1) is 0 Å². The molecule has 0 nitrogen and oxygen atoms in total. The van der Waals surface area contributed by atoms with Crippen molar-refractivity contribution in [3.63, 3.8) is 0 Å². The van der Waals surface area contributed by atoms with Crippen molar-refractivity contribution in [2.24, 2.45) is 0 Å². The topological polar surface area (TPSA) is 0 Å². The maximum atomic E-state index is 2.34. The minimum Gasteiger partial charge on any atom is -0.0776 e. The van der Waals surface area contributed by atoms with Crippen LogP contribution in [0.2, 0.25) is 0 Å². The first-order valence-corrected chi connectivity index (χ1v) is 5.37. The van der Waals surface area contributed by atoms with Crippen molar-refractivity contribution in [3.8, 4) is 0 Å². The van der Waals surface area contributed by atoms with E-state index < -0.39 is 0 Å². The molecule has 0 bridgehead atoms. The van der Waals surface area contributed by atoms with Gasteiger partial charge < -0.3 is 0 Å². The molecular weight excluding hydrogens is 168 g/mol. The molecule has 1 aliphatic carbocycles. The third-order valence-electron chi connectivity index (χ3n) is 2.68. The van der Waals surface area contributed by atoms with Crippen molar-refractivity contribution in [3.05, 3.63) is 34.9 Å². The van der Waals surface area contributed by atoms with Crippen molar-refractivity contribution in [2.45, 2.75) is 53.9 Å². The number of hydrogen-bond acceptors (Lipinski definition) is 0. The van der Waals surface area contributed by atoms with Crippen LogP contribution < -0.4 is 0 Å². The fourth-order valence-corrected chi connectivity index (χ4v) is 1.93. The Kier molecular flexibility index (Phi) is 5.52. The van der Waals surface area contributed by atoms with Crippen molar-refractivity contribution in [1.29, 1.82) is 0 Å². The van der Waals surface area contributed by atoms with Crippen LogP contribution in [-0.4, -0.2) is 0 Å². The molecule has 1 aromatic rings. The highest BCUT2D eigenvalue weighted by atomic mass is 14.2. The van der Waals surface area contributed by atoms with Gasteiger partial charge in [0.05, 0.1) is 0 Å². The highest BCUT2D eigenvalue weighted by molar-refractivity contribution is 5.37. The fraction of sp³-hybridized carbons (Fsp3) is 0.571. The van der Waals surface area contributed by atoms with Crippen LogP contribution in [0, 0.1) is 6.92 Å². The normalized spacial score (nSPS) is 17.6. The monoisotopic (exact) mass is 192 g/mol. The Bertz CT molecular complexity index is 273. The van der Waals surface area contributed by atoms with Crippen molar-refractivity contribution in [2.75, 3.05) is 0 Å². The lowest BCUT2D eigenvalue weighted by Crippen LogP contribution is -1.86. The maximum Gasteiger partial charge on any atom is -0.0184 e. The van der Waals surface area contributed by atoms with E-state index in [2.05, 4.69) is 32.0 Å². The van der Waals surface area contributed by atoms with Gasteiger partial charge in [-0.3, -0.25) is 0 Å². The second kappa shape index (κ2) is 5.85. The quantitative estimate of drug-likeness (QED) is 0.558. The molecule has 1 unspecified atom stereocenters. The SMILES string of the molecule is C.CC.Cc1ccc2c(c1)C(C)CC2. The largest absolute Gasteiger partial charge is 0.0776 e. The molecule has 0 radical (unpaired) electrons. The Balaban J connectivity index is 0.000000531. The van der Waals surface area contributed by atoms with E-state index in [1.807, 2.05) is 13.8 Å². The Morgan fingerprint density at radius 3 is 2.50 bits per heavy atom. The van der Waals surface area contributed by atoms with Crippen LogP contribution >= 0.6 is 0 Å². The molecule has 0 amide bonds. The zero-order chi connectivity index (χ0) is 9.84. The number of aryl methyl sites for hydroxylation is 2. The standard InChI is InChI=1S/C11H14.C2H6.CH4/c1-8-3-5-10-6-4-9(2)11(10)7-8;1-2;/h3,5,7,9H,4,6H2,1-2H3;1-2H3;1H4. The van der Waals surface area contributed by atoms with Crippen LogP contribution in [0.25, 0.3) is 0 Å². The first-order valence-electron chi connectivity index (χ1n) is 5.37. The maximum absolute atomic E-state index is 2.34. The molecule has 0 heteroatoms. The summed E-state index contributed by atoms with van der Waals surface area (Å²) in [4.78, 5) is 0. The van der Waals surface area contributed by atoms with E-state index in [0.29, 0.717) is 0 Å². The van der Waals surface area contributed by atoms with Gasteiger partial charge in [0, 0.05) is 0 Å². The Morgan fingerprint density at radius 1 is 1.21 bits per heavy atom. The zero-order valence-electron chi connectivity index (χ0n) is 9.22. The summed E-state index contributed by atoms with van der Waals surface area (Å²) in [6, 6.07) is 6.85. The average molecular weight is 192 g/mol. The number of hydrogen-bond donors (Lipinski definition) is 0. The molecule has 14 heavy (non-hydrogen) atoms. The summed E-state index contributed by atoms with van der Waals surface area (Å²) in [6.07, 6.45) is 2.63. The molecule has 0 aromatic heterocycles. The Hall–Kier alpha value is -0.780. The summed E-state index contributed by atoms with van der Waals surface area (Å²) in [7, 11) is 0. The molecule has 0 aliphatic heterocycles. The molecule has 0 fully saturated rings. The van der Waals surface area contributed by atoms with E-state index in [9.17, 15) is 0 Å². The highest BCUT2D eigenvalue weighted by Crippen LogP contribution is 2.32. The van der Waals surface area contributed by atoms with E-state index in [-0.39, 0.29) is 7.43 Å². The van der Waals surface area contributed by atoms with Gasteiger partial charge in [-0.1, -0.05) is 52.0 Å². The molecule has 1 aromatic carbocycles. The van der Waals surface area contributed by atoms with Crippen molar-refractivity contribution in [1.82, 2.24) is 0 Å². The Morgan fingerprint density at radius 2 is 1.86 bits per heavy atom. The van der Waals surface area contributed by atoms with Gasteiger partial charge in [0.2, 0.25) is 0 Å². The van der Waals surface area contributed by atoms with E-state index in [1.165, 1.54) is 18.4 Å². The molecule has 1 aliphatic rings. The lowest BCUT2D eigenvalue weighted by molar-refractivity contribution is 0.747. The van der Waals surface area contributed by atoms with Crippen LogP contribution in [0.1, 0.15) is 57.2 Å². The van der Waals surface area contributed by atoms with Crippen molar-refractivity contribution >= 4 is 0 Å². The summed E-state index contributed by atoms with van der Waals surface area (Å²) in [5.41, 5.74) is 4.56. The molecule has 0 saturated carbocycles. The lowest BCUT2D eigenvalue weighted by atomic mass is 10.0. The third-order valence-corrected chi connectivity index (χ3v) is 2.68. The number of fused-ring (bicyclic) bond motifs is 1. The smallest absolute Gasteiger partial charge is 0.0184 e. The summed E-state index contributed by atoms with van der Waals surface area (Å²) >= 11 is 0. The van der Waals surface area contributed by atoms with Crippen LogP contribution in [0.5, 0.6) is 0 Å². The predicted molar refractivity (Wildman–Crippen MR) is 66.0 cm³/mol. The molecule has 2 rings (SSSR count). The van der Waals surface area contributed by atoms with Gasteiger partial charge in [-0.05, 0) is 36.8 Å².